The summed E-state index contributed by atoms with van der Waals surface area (Å²) in [6, 6.07) is 15.2. The third-order valence-corrected chi connectivity index (χ3v) is 3.31. The Kier molecular flexibility index (Phi) is 6.29. The van der Waals surface area contributed by atoms with Crippen molar-refractivity contribution in [3.8, 4) is 11.5 Å². The van der Waals surface area contributed by atoms with Gasteiger partial charge in [0, 0.05) is 12.1 Å². The molecule has 0 heterocycles. The molecule has 122 valence electrons. The largest absolute Gasteiger partial charge is 0.496 e. The molecule has 2 amide bonds. The normalized spacial score (nSPS) is 10.0. The monoisotopic (exact) mass is 314 g/mol. The van der Waals surface area contributed by atoms with Gasteiger partial charge in [-0.1, -0.05) is 35.9 Å². The maximum absolute atomic E-state index is 11.8. The number of amides is 2. The molecule has 0 saturated carbocycles. The SMILES string of the molecule is COc1ccccc1CNC(=O)NCCOc1ccc(C)cc1. The number of methoxy groups -OCH3 is 1. The van der Waals surface area contributed by atoms with Crippen LogP contribution in [0.5, 0.6) is 11.5 Å². The van der Waals surface area contributed by atoms with Gasteiger partial charge in [-0.25, -0.2) is 4.79 Å². The molecule has 2 aromatic rings. The second-order valence-corrected chi connectivity index (χ2v) is 5.08. The highest BCUT2D eigenvalue weighted by Gasteiger charge is 2.04. The highest BCUT2D eigenvalue weighted by Crippen LogP contribution is 2.16. The molecule has 0 unspecified atom stereocenters. The highest BCUT2D eigenvalue weighted by atomic mass is 16.5. The molecule has 0 atom stereocenters. The Morgan fingerprint density at radius 1 is 1.04 bits per heavy atom. The molecule has 2 N–H and O–H groups in total. The molecule has 2 aromatic carbocycles. The first-order valence-corrected chi connectivity index (χ1v) is 7.52. The lowest BCUT2D eigenvalue weighted by atomic mass is 10.2. The average molecular weight is 314 g/mol. The Balaban J connectivity index is 1.66. The highest BCUT2D eigenvalue weighted by molar-refractivity contribution is 5.73. The lowest BCUT2D eigenvalue weighted by Gasteiger charge is -2.11. The molecule has 0 fully saturated rings. The van der Waals surface area contributed by atoms with Crippen molar-refractivity contribution in [2.75, 3.05) is 20.3 Å². The molecule has 23 heavy (non-hydrogen) atoms. The number of ether oxygens (including phenoxy) is 2. The number of nitrogens with one attached hydrogen (secondary N) is 2. The number of carbonyl (C=O) groups is 1. The number of carbonyl (C=O) groups excluding carboxylic acids is 1. The lowest BCUT2D eigenvalue weighted by Crippen LogP contribution is -2.37. The smallest absolute Gasteiger partial charge is 0.315 e. The number of aryl methyl sites for hydroxylation is 1. The quantitative estimate of drug-likeness (QED) is 0.773. The van der Waals surface area contributed by atoms with E-state index in [0.29, 0.717) is 19.7 Å². The van der Waals surface area contributed by atoms with Gasteiger partial charge in [0.25, 0.3) is 0 Å². The molecule has 5 heteroatoms. The molecule has 0 aromatic heterocycles. The van der Waals surface area contributed by atoms with E-state index in [4.69, 9.17) is 9.47 Å². The van der Waals surface area contributed by atoms with E-state index in [-0.39, 0.29) is 6.03 Å². The second-order valence-electron chi connectivity index (χ2n) is 5.08. The molecular formula is C18H22N2O3. The Bertz CT molecular complexity index is 626. The van der Waals surface area contributed by atoms with Gasteiger partial charge in [-0.2, -0.15) is 0 Å². The number of hydrogen-bond acceptors (Lipinski definition) is 3. The van der Waals surface area contributed by atoms with Gasteiger partial charge in [-0.15, -0.1) is 0 Å². The van der Waals surface area contributed by atoms with Crippen molar-refractivity contribution in [2.24, 2.45) is 0 Å². The Hall–Kier alpha value is -2.69. The van der Waals surface area contributed by atoms with Crippen LogP contribution in [-0.2, 0) is 6.54 Å². The van der Waals surface area contributed by atoms with Gasteiger partial charge in [0.2, 0.25) is 0 Å². The van der Waals surface area contributed by atoms with Crippen molar-refractivity contribution >= 4 is 6.03 Å². The maximum Gasteiger partial charge on any atom is 0.315 e. The molecule has 0 aliphatic carbocycles. The van der Waals surface area contributed by atoms with Gasteiger partial charge in [0.1, 0.15) is 18.1 Å². The van der Waals surface area contributed by atoms with Crippen molar-refractivity contribution in [3.63, 3.8) is 0 Å². The number of para-hydroxylation sites is 1. The van der Waals surface area contributed by atoms with Crippen LogP contribution in [-0.4, -0.2) is 26.3 Å². The van der Waals surface area contributed by atoms with E-state index in [1.54, 1.807) is 7.11 Å². The van der Waals surface area contributed by atoms with E-state index in [1.807, 2.05) is 55.5 Å². The lowest BCUT2D eigenvalue weighted by molar-refractivity contribution is 0.236. The summed E-state index contributed by atoms with van der Waals surface area (Å²) in [5, 5.41) is 5.55. The van der Waals surface area contributed by atoms with E-state index in [0.717, 1.165) is 17.1 Å². The van der Waals surface area contributed by atoms with Gasteiger partial charge in [-0.3, -0.25) is 0 Å². The van der Waals surface area contributed by atoms with Gasteiger partial charge in [-0.05, 0) is 25.1 Å². The first kappa shape index (κ1) is 16.7. The molecule has 0 bridgehead atoms. The Morgan fingerprint density at radius 2 is 1.78 bits per heavy atom. The van der Waals surface area contributed by atoms with Crippen molar-refractivity contribution in [1.82, 2.24) is 10.6 Å². The van der Waals surface area contributed by atoms with E-state index < -0.39 is 0 Å². The van der Waals surface area contributed by atoms with E-state index in [2.05, 4.69) is 10.6 Å². The number of benzene rings is 2. The summed E-state index contributed by atoms with van der Waals surface area (Å²) < 4.78 is 10.8. The zero-order valence-electron chi connectivity index (χ0n) is 13.5. The summed E-state index contributed by atoms with van der Waals surface area (Å²) in [6.45, 7) is 3.29. The van der Waals surface area contributed by atoms with E-state index in [1.165, 1.54) is 5.56 Å². The van der Waals surface area contributed by atoms with E-state index >= 15 is 0 Å². The van der Waals surface area contributed by atoms with Gasteiger partial charge in [0.05, 0.1) is 13.7 Å². The van der Waals surface area contributed by atoms with Crippen molar-refractivity contribution < 1.29 is 14.3 Å². The summed E-state index contributed by atoms with van der Waals surface area (Å²) in [7, 11) is 1.61. The first-order valence-electron chi connectivity index (χ1n) is 7.52. The van der Waals surface area contributed by atoms with Crippen LogP contribution in [0, 0.1) is 6.92 Å². The average Bonchev–Trinajstić information content (AvgIpc) is 2.58. The van der Waals surface area contributed by atoms with Crippen LogP contribution >= 0.6 is 0 Å². The van der Waals surface area contributed by atoms with Crippen molar-refractivity contribution in [2.45, 2.75) is 13.5 Å². The summed E-state index contributed by atoms with van der Waals surface area (Å²) in [5.41, 5.74) is 2.12. The van der Waals surface area contributed by atoms with Crippen molar-refractivity contribution in [3.05, 3.63) is 59.7 Å². The van der Waals surface area contributed by atoms with Crippen LogP contribution < -0.4 is 20.1 Å². The van der Waals surface area contributed by atoms with Crippen LogP contribution in [0.25, 0.3) is 0 Å². The van der Waals surface area contributed by atoms with Crippen LogP contribution in [0.2, 0.25) is 0 Å². The number of urea groups is 1. The third-order valence-electron chi connectivity index (χ3n) is 3.31. The first-order chi connectivity index (χ1) is 11.2. The predicted molar refractivity (Wildman–Crippen MR) is 89.9 cm³/mol. The zero-order chi connectivity index (χ0) is 16.5. The summed E-state index contributed by atoms with van der Waals surface area (Å²) in [5.74, 6) is 1.56. The van der Waals surface area contributed by atoms with Gasteiger partial charge < -0.3 is 20.1 Å². The summed E-state index contributed by atoms with van der Waals surface area (Å²) in [4.78, 5) is 11.8. The Labute approximate surface area is 136 Å². The minimum Gasteiger partial charge on any atom is -0.496 e. The number of hydrogen-bond donors (Lipinski definition) is 2. The Morgan fingerprint density at radius 3 is 2.52 bits per heavy atom. The maximum atomic E-state index is 11.8. The molecule has 0 spiro atoms. The minimum atomic E-state index is -0.233. The van der Waals surface area contributed by atoms with Crippen LogP contribution in [0.3, 0.4) is 0 Å². The molecule has 0 radical (unpaired) electrons. The van der Waals surface area contributed by atoms with Crippen LogP contribution in [0.15, 0.2) is 48.5 Å². The summed E-state index contributed by atoms with van der Waals surface area (Å²) >= 11 is 0. The zero-order valence-corrected chi connectivity index (χ0v) is 13.5. The fourth-order valence-corrected chi connectivity index (χ4v) is 2.05. The molecule has 2 rings (SSSR count). The molecule has 5 nitrogen and oxygen atoms in total. The molecule has 0 aliphatic heterocycles. The third kappa shape index (κ3) is 5.54. The van der Waals surface area contributed by atoms with Crippen LogP contribution in [0.1, 0.15) is 11.1 Å². The topological polar surface area (TPSA) is 59.6 Å². The molecular weight excluding hydrogens is 292 g/mol. The fraction of sp³-hybridized carbons (Fsp3) is 0.278. The fourth-order valence-electron chi connectivity index (χ4n) is 2.05. The molecule has 0 aliphatic rings. The number of rotatable bonds is 7. The second kappa shape index (κ2) is 8.68. The van der Waals surface area contributed by atoms with Crippen molar-refractivity contribution in [1.29, 1.82) is 0 Å². The predicted octanol–water partition coefficient (Wildman–Crippen LogP) is 2.88. The van der Waals surface area contributed by atoms with E-state index in [9.17, 15) is 4.79 Å². The van der Waals surface area contributed by atoms with Gasteiger partial charge >= 0.3 is 6.03 Å². The molecule has 0 saturated heterocycles. The standard InChI is InChI=1S/C18H22N2O3/c1-14-7-9-16(10-8-14)23-12-11-19-18(21)20-13-15-5-3-4-6-17(15)22-2/h3-10H,11-13H2,1-2H3,(H2,19,20,21). The van der Waals surface area contributed by atoms with Gasteiger partial charge in [0.15, 0.2) is 0 Å². The van der Waals surface area contributed by atoms with Crippen LogP contribution in [0.4, 0.5) is 4.79 Å². The minimum absolute atomic E-state index is 0.233. The summed E-state index contributed by atoms with van der Waals surface area (Å²) in [6.07, 6.45) is 0.